The molecule has 0 bridgehead atoms. The van der Waals surface area contributed by atoms with Gasteiger partial charge in [0, 0.05) is 16.3 Å². The number of benzene rings is 2. The molecule has 0 spiro atoms. The van der Waals surface area contributed by atoms with Crippen molar-refractivity contribution < 1.29 is 13.2 Å². The van der Waals surface area contributed by atoms with Crippen LogP contribution < -0.4 is 11.1 Å². The van der Waals surface area contributed by atoms with Gasteiger partial charge in [0.2, 0.25) is 5.91 Å². The van der Waals surface area contributed by atoms with Crippen LogP contribution in [0.3, 0.4) is 0 Å². The summed E-state index contributed by atoms with van der Waals surface area (Å²) in [5.41, 5.74) is 7.92. The van der Waals surface area contributed by atoms with Crippen LogP contribution in [-0.2, 0) is 14.6 Å². The van der Waals surface area contributed by atoms with E-state index in [1.165, 1.54) is 11.8 Å². The number of carbonyl (C=O) groups excluding carboxylic acids is 1. The molecule has 0 aromatic heterocycles. The lowest BCUT2D eigenvalue weighted by Gasteiger charge is -2.16. The van der Waals surface area contributed by atoms with E-state index in [0.717, 1.165) is 5.56 Å². The maximum absolute atomic E-state index is 12.5. The third-order valence-electron chi connectivity index (χ3n) is 3.85. The summed E-state index contributed by atoms with van der Waals surface area (Å²) in [6.45, 7) is 5.47. The first kappa shape index (κ1) is 23.3. The topological polar surface area (TPSA) is 89.3 Å². The van der Waals surface area contributed by atoms with Crippen LogP contribution >= 0.6 is 24.2 Å². The summed E-state index contributed by atoms with van der Waals surface area (Å²) in [4.78, 5) is 13.4. The second-order valence-corrected chi connectivity index (χ2v) is 9.55. The number of nitrogens with one attached hydrogen (secondary N) is 1. The molecule has 0 heterocycles. The number of rotatable bonds is 7. The average molecular weight is 429 g/mol. The van der Waals surface area contributed by atoms with E-state index < -0.39 is 15.1 Å². The normalized spacial score (nSPS) is 12.1. The number of sulfone groups is 1. The fraction of sp³-hybridized carbons (Fsp3) is 0.316. The van der Waals surface area contributed by atoms with Gasteiger partial charge in [-0.25, -0.2) is 8.42 Å². The first-order valence-electron chi connectivity index (χ1n) is 8.40. The number of aryl methyl sites for hydroxylation is 1. The van der Waals surface area contributed by atoms with Crippen LogP contribution in [0.2, 0.25) is 0 Å². The monoisotopic (exact) mass is 428 g/mol. The van der Waals surface area contributed by atoms with Gasteiger partial charge in [0.1, 0.15) is 0 Å². The predicted molar refractivity (Wildman–Crippen MR) is 116 cm³/mol. The van der Waals surface area contributed by atoms with Gasteiger partial charge in [0.05, 0.1) is 15.9 Å². The minimum Gasteiger partial charge on any atom is -0.399 e. The van der Waals surface area contributed by atoms with Crippen LogP contribution in [-0.4, -0.2) is 25.3 Å². The van der Waals surface area contributed by atoms with Gasteiger partial charge in [-0.3, -0.25) is 4.79 Å². The molecule has 0 saturated heterocycles. The zero-order valence-corrected chi connectivity index (χ0v) is 18.0. The maximum Gasteiger partial charge on any atom is 0.237 e. The first-order valence-corrected chi connectivity index (χ1v) is 10.9. The quantitative estimate of drug-likeness (QED) is 0.506. The second kappa shape index (κ2) is 10.0. The van der Waals surface area contributed by atoms with E-state index in [1.807, 2.05) is 19.9 Å². The molecule has 0 aliphatic rings. The Morgan fingerprint density at radius 2 is 1.89 bits per heavy atom. The van der Waals surface area contributed by atoms with Crippen LogP contribution in [0.25, 0.3) is 0 Å². The number of thioether (sulfide) groups is 1. The lowest BCUT2D eigenvalue weighted by molar-refractivity contribution is -0.115. The van der Waals surface area contributed by atoms with Crippen molar-refractivity contribution in [3.05, 3.63) is 48.0 Å². The largest absolute Gasteiger partial charge is 0.399 e. The van der Waals surface area contributed by atoms with Crippen molar-refractivity contribution in [1.82, 2.24) is 0 Å². The minimum absolute atomic E-state index is 0. The van der Waals surface area contributed by atoms with Gasteiger partial charge < -0.3 is 11.1 Å². The Balaban J connectivity index is 0.00000364. The molecule has 2 aromatic carbocycles. The highest BCUT2D eigenvalue weighted by Crippen LogP contribution is 2.31. The molecule has 0 aliphatic heterocycles. The molecular formula is C19H25ClN2O3S2. The highest BCUT2D eigenvalue weighted by molar-refractivity contribution is 8.01. The van der Waals surface area contributed by atoms with E-state index in [0.29, 0.717) is 22.7 Å². The van der Waals surface area contributed by atoms with E-state index in [1.54, 1.807) is 43.3 Å². The molecule has 1 amide bonds. The van der Waals surface area contributed by atoms with Crippen LogP contribution in [0, 0.1) is 6.92 Å². The summed E-state index contributed by atoms with van der Waals surface area (Å²) in [5.74, 6) is -0.112. The van der Waals surface area contributed by atoms with Gasteiger partial charge >= 0.3 is 0 Å². The van der Waals surface area contributed by atoms with Gasteiger partial charge in [-0.2, -0.15) is 0 Å². The molecule has 2 rings (SSSR count). The summed E-state index contributed by atoms with van der Waals surface area (Å²) in [7, 11) is -3.35. The smallest absolute Gasteiger partial charge is 0.237 e. The SMILES string of the molecule is CCCS(=O)(=O)c1ccccc1SC(C)C(=O)Nc1cc(N)ccc1C.Cl. The van der Waals surface area contributed by atoms with E-state index in [2.05, 4.69) is 5.32 Å². The Hall–Kier alpha value is -1.70. The van der Waals surface area contributed by atoms with Gasteiger partial charge in [0.15, 0.2) is 9.84 Å². The maximum atomic E-state index is 12.5. The van der Waals surface area contributed by atoms with Gasteiger partial charge in [-0.1, -0.05) is 25.1 Å². The summed E-state index contributed by atoms with van der Waals surface area (Å²) in [5, 5.41) is 2.40. The number of amides is 1. The Labute approximate surface area is 171 Å². The number of carbonyl (C=O) groups is 1. The van der Waals surface area contributed by atoms with Crippen molar-refractivity contribution in [3.8, 4) is 0 Å². The van der Waals surface area contributed by atoms with Gasteiger partial charge in [0.25, 0.3) is 0 Å². The summed E-state index contributed by atoms with van der Waals surface area (Å²) < 4.78 is 24.9. The van der Waals surface area contributed by atoms with Crippen LogP contribution in [0.1, 0.15) is 25.8 Å². The first-order chi connectivity index (χ1) is 12.2. The zero-order valence-electron chi connectivity index (χ0n) is 15.6. The van der Waals surface area contributed by atoms with E-state index in [4.69, 9.17) is 5.73 Å². The molecule has 8 heteroatoms. The Kier molecular flexibility index (Phi) is 8.65. The van der Waals surface area contributed by atoms with Gasteiger partial charge in [-0.05, 0) is 50.1 Å². The molecule has 0 aliphatic carbocycles. The lowest BCUT2D eigenvalue weighted by atomic mass is 10.2. The van der Waals surface area contributed by atoms with E-state index in [-0.39, 0.29) is 29.0 Å². The standard InChI is InChI=1S/C19H24N2O3S2.ClH/c1-4-11-26(23,24)18-8-6-5-7-17(18)25-14(3)19(22)21-16-12-15(20)10-9-13(16)2;/h5-10,12,14H,4,11,20H2,1-3H3,(H,21,22);1H. The van der Waals surface area contributed by atoms with Crippen molar-refractivity contribution in [1.29, 1.82) is 0 Å². The summed E-state index contributed by atoms with van der Waals surface area (Å²) in [6.07, 6.45) is 0.548. The second-order valence-electron chi connectivity index (χ2n) is 6.09. The molecule has 27 heavy (non-hydrogen) atoms. The van der Waals surface area contributed by atoms with Crippen molar-refractivity contribution in [2.24, 2.45) is 0 Å². The molecule has 1 unspecified atom stereocenters. The van der Waals surface area contributed by atoms with E-state index in [9.17, 15) is 13.2 Å². The predicted octanol–water partition coefficient (Wildman–Crippen LogP) is 4.30. The fourth-order valence-corrected chi connectivity index (χ4v) is 5.27. The average Bonchev–Trinajstić information content (AvgIpc) is 2.58. The Morgan fingerprint density at radius 1 is 1.22 bits per heavy atom. The number of nitrogens with two attached hydrogens (primary N) is 1. The zero-order chi connectivity index (χ0) is 19.3. The number of hydrogen-bond acceptors (Lipinski definition) is 5. The van der Waals surface area contributed by atoms with Crippen LogP contribution in [0.5, 0.6) is 0 Å². The molecule has 5 nitrogen and oxygen atoms in total. The van der Waals surface area contributed by atoms with Crippen molar-refractivity contribution in [2.45, 2.75) is 42.2 Å². The highest BCUT2D eigenvalue weighted by atomic mass is 35.5. The minimum atomic E-state index is -3.35. The number of halogens is 1. The summed E-state index contributed by atoms with van der Waals surface area (Å²) >= 11 is 1.24. The molecule has 2 aromatic rings. The van der Waals surface area contributed by atoms with Crippen LogP contribution in [0.15, 0.2) is 52.3 Å². The molecule has 0 radical (unpaired) electrons. The summed E-state index contributed by atoms with van der Waals surface area (Å²) in [6, 6.07) is 12.1. The lowest BCUT2D eigenvalue weighted by Crippen LogP contribution is -2.23. The van der Waals surface area contributed by atoms with Crippen molar-refractivity contribution in [3.63, 3.8) is 0 Å². The van der Waals surface area contributed by atoms with Crippen molar-refractivity contribution in [2.75, 3.05) is 16.8 Å². The van der Waals surface area contributed by atoms with E-state index >= 15 is 0 Å². The third kappa shape index (κ3) is 6.16. The van der Waals surface area contributed by atoms with Crippen LogP contribution in [0.4, 0.5) is 11.4 Å². The fourth-order valence-electron chi connectivity index (χ4n) is 2.44. The number of nitrogen functional groups attached to an aromatic ring is 1. The Bertz CT molecular complexity index is 902. The third-order valence-corrected chi connectivity index (χ3v) is 7.13. The number of hydrogen-bond donors (Lipinski definition) is 2. The molecule has 148 valence electrons. The van der Waals surface area contributed by atoms with Crippen molar-refractivity contribution >= 4 is 51.3 Å². The van der Waals surface area contributed by atoms with Gasteiger partial charge in [-0.15, -0.1) is 24.2 Å². The molecule has 0 saturated carbocycles. The highest BCUT2D eigenvalue weighted by Gasteiger charge is 2.22. The molecular weight excluding hydrogens is 404 g/mol. The molecule has 3 N–H and O–H groups in total. The number of anilines is 2. The molecule has 1 atom stereocenters. The molecule has 0 fully saturated rings. The Morgan fingerprint density at radius 3 is 2.56 bits per heavy atom.